The topological polar surface area (TPSA) is 42.7 Å². The van der Waals surface area contributed by atoms with E-state index in [-0.39, 0.29) is 0 Å². The Kier molecular flexibility index (Phi) is 4.58. The molecule has 1 aromatic heterocycles. The van der Waals surface area contributed by atoms with Gasteiger partial charge in [-0.25, -0.2) is 0 Å². The highest BCUT2D eigenvalue weighted by Crippen LogP contribution is 2.23. The van der Waals surface area contributed by atoms with E-state index in [2.05, 4.69) is 22.4 Å². The van der Waals surface area contributed by atoms with Crippen LogP contribution in [0.4, 0.5) is 0 Å². The van der Waals surface area contributed by atoms with E-state index < -0.39 is 0 Å². The minimum absolute atomic E-state index is 0.497. The third-order valence-corrected chi connectivity index (χ3v) is 3.15. The lowest BCUT2D eigenvalue weighted by Gasteiger charge is -2.01. The molecule has 0 saturated heterocycles. The Bertz CT molecular complexity index is 525. The van der Waals surface area contributed by atoms with Gasteiger partial charge in [0.25, 0.3) is 0 Å². The van der Waals surface area contributed by atoms with Crippen LogP contribution in [-0.2, 0) is 6.54 Å². The molecule has 1 aromatic carbocycles. The van der Waals surface area contributed by atoms with Gasteiger partial charge in [-0.15, -0.1) is 0 Å². The van der Waals surface area contributed by atoms with Crippen LogP contribution in [0.25, 0.3) is 5.69 Å². The summed E-state index contributed by atoms with van der Waals surface area (Å²) < 4.78 is 0. The van der Waals surface area contributed by atoms with E-state index in [9.17, 15) is 0 Å². The van der Waals surface area contributed by atoms with Gasteiger partial charge < -0.3 is 5.32 Å². The molecular formula is C12H14Cl2N4. The highest BCUT2D eigenvalue weighted by atomic mass is 35.5. The molecule has 0 fully saturated rings. The van der Waals surface area contributed by atoms with Gasteiger partial charge in [-0.2, -0.15) is 15.0 Å². The molecule has 6 heteroatoms. The molecule has 0 unspecified atom stereocenters. The highest BCUT2D eigenvalue weighted by molar-refractivity contribution is 6.42. The quantitative estimate of drug-likeness (QED) is 0.858. The lowest BCUT2D eigenvalue weighted by molar-refractivity contribution is 0.651. The van der Waals surface area contributed by atoms with Crippen LogP contribution in [-0.4, -0.2) is 21.5 Å². The number of halogens is 2. The van der Waals surface area contributed by atoms with Gasteiger partial charge in [0.05, 0.1) is 27.6 Å². The molecule has 0 saturated carbocycles. The molecule has 1 heterocycles. The largest absolute Gasteiger partial charge is 0.311 e. The van der Waals surface area contributed by atoms with Crippen LogP contribution in [0, 0.1) is 0 Å². The predicted molar refractivity (Wildman–Crippen MR) is 73.4 cm³/mol. The van der Waals surface area contributed by atoms with E-state index in [1.54, 1.807) is 23.1 Å². The Labute approximate surface area is 116 Å². The minimum atomic E-state index is 0.497. The van der Waals surface area contributed by atoms with E-state index in [4.69, 9.17) is 23.2 Å². The zero-order valence-corrected chi connectivity index (χ0v) is 11.5. The number of nitrogens with one attached hydrogen (secondary N) is 1. The molecule has 0 aliphatic heterocycles. The van der Waals surface area contributed by atoms with Crippen molar-refractivity contribution in [2.24, 2.45) is 0 Å². The SMILES string of the molecule is CCCNCc1cnn(-c2ccc(Cl)c(Cl)c2)n1. The Balaban J connectivity index is 2.11. The van der Waals surface area contributed by atoms with Crippen LogP contribution in [0.2, 0.25) is 10.0 Å². The van der Waals surface area contributed by atoms with Crippen LogP contribution in [0.5, 0.6) is 0 Å². The van der Waals surface area contributed by atoms with E-state index in [0.717, 1.165) is 30.9 Å². The van der Waals surface area contributed by atoms with Crippen molar-refractivity contribution in [3.8, 4) is 5.69 Å². The number of hydrogen-bond acceptors (Lipinski definition) is 3. The van der Waals surface area contributed by atoms with Crippen molar-refractivity contribution >= 4 is 23.2 Å². The fraction of sp³-hybridized carbons (Fsp3) is 0.333. The third kappa shape index (κ3) is 3.22. The van der Waals surface area contributed by atoms with Gasteiger partial charge >= 0.3 is 0 Å². The van der Waals surface area contributed by atoms with Crippen molar-refractivity contribution in [1.29, 1.82) is 0 Å². The molecule has 2 aromatic rings. The standard InChI is InChI=1S/C12H14Cl2N4/c1-2-5-15-7-9-8-16-18(17-9)10-3-4-11(13)12(14)6-10/h3-4,6,8,15H,2,5,7H2,1H3. The van der Waals surface area contributed by atoms with Gasteiger partial charge in [0, 0.05) is 6.54 Å². The summed E-state index contributed by atoms with van der Waals surface area (Å²) in [6.45, 7) is 3.81. The number of benzene rings is 1. The average molecular weight is 285 g/mol. The van der Waals surface area contributed by atoms with Gasteiger partial charge in [0.2, 0.25) is 0 Å². The molecule has 2 rings (SSSR count). The van der Waals surface area contributed by atoms with E-state index >= 15 is 0 Å². The van der Waals surface area contributed by atoms with Crippen LogP contribution in [0.1, 0.15) is 19.0 Å². The molecule has 0 atom stereocenters. The molecule has 0 amide bonds. The molecular weight excluding hydrogens is 271 g/mol. The predicted octanol–water partition coefficient (Wildman–Crippen LogP) is 3.07. The zero-order chi connectivity index (χ0) is 13.0. The molecule has 0 aliphatic rings. The first-order valence-corrected chi connectivity index (χ1v) is 6.53. The lowest BCUT2D eigenvalue weighted by Crippen LogP contribution is -2.14. The van der Waals surface area contributed by atoms with Crippen LogP contribution >= 0.6 is 23.2 Å². The maximum absolute atomic E-state index is 5.96. The van der Waals surface area contributed by atoms with Gasteiger partial charge in [0.1, 0.15) is 0 Å². The van der Waals surface area contributed by atoms with Gasteiger partial charge in [0.15, 0.2) is 0 Å². The maximum Gasteiger partial charge on any atom is 0.0969 e. The molecule has 0 spiro atoms. The first-order chi connectivity index (χ1) is 8.70. The van der Waals surface area contributed by atoms with Crippen molar-refractivity contribution in [2.45, 2.75) is 19.9 Å². The third-order valence-electron chi connectivity index (χ3n) is 2.41. The lowest BCUT2D eigenvalue weighted by atomic mass is 10.3. The van der Waals surface area contributed by atoms with Crippen LogP contribution < -0.4 is 5.32 Å². The fourth-order valence-corrected chi connectivity index (χ4v) is 1.80. The summed E-state index contributed by atoms with van der Waals surface area (Å²) in [6.07, 6.45) is 2.84. The number of rotatable bonds is 5. The first kappa shape index (κ1) is 13.3. The van der Waals surface area contributed by atoms with Crippen molar-refractivity contribution in [3.05, 3.63) is 40.1 Å². The normalized spacial score (nSPS) is 10.8. The number of hydrogen-bond donors (Lipinski definition) is 1. The highest BCUT2D eigenvalue weighted by Gasteiger charge is 2.05. The van der Waals surface area contributed by atoms with Gasteiger partial charge in [-0.1, -0.05) is 30.1 Å². The summed E-state index contributed by atoms with van der Waals surface area (Å²) in [7, 11) is 0. The molecule has 18 heavy (non-hydrogen) atoms. The number of nitrogens with zero attached hydrogens (tertiary/aromatic N) is 3. The molecule has 1 N–H and O–H groups in total. The van der Waals surface area contributed by atoms with Gasteiger partial charge in [-0.05, 0) is 31.2 Å². The Morgan fingerprint density at radius 1 is 1.28 bits per heavy atom. The van der Waals surface area contributed by atoms with Crippen molar-refractivity contribution in [2.75, 3.05) is 6.54 Å². The van der Waals surface area contributed by atoms with E-state index in [1.165, 1.54) is 0 Å². The Morgan fingerprint density at radius 3 is 2.83 bits per heavy atom. The van der Waals surface area contributed by atoms with Crippen LogP contribution in [0.15, 0.2) is 24.4 Å². The summed E-state index contributed by atoms with van der Waals surface area (Å²) in [5.41, 5.74) is 1.70. The number of aromatic nitrogens is 3. The first-order valence-electron chi connectivity index (χ1n) is 5.78. The second-order valence-electron chi connectivity index (χ2n) is 3.90. The molecule has 0 aliphatic carbocycles. The maximum atomic E-state index is 5.96. The summed E-state index contributed by atoms with van der Waals surface area (Å²) in [4.78, 5) is 1.55. The monoisotopic (exact) mass is 284 g/mol. The minimum Gasteiger partial charge on any atom is -0.311 e. The molecule has 0 radical (unpaired) electrons. The molecule has 0 bridgehead atoms. The Hall–Kier alpha value is -1.10. The molecule has 4 nitrogen and oxygen atoms in total. The zero-order valence-electron chi connectivity index (χ0n) is 10.0. The summed E-state index contributed by atoms with van der Waals surface area (Å²) in [5, 5.41) is 12.9. The van der Waals surface area contributed by atoms with Crippen molar-refractivity contribution < 1.29 is 0 Å². The van der Waals surface area contributed by atoms with E-state index in [0.29, 0.717) is 10.0 Å². The van der Waals surface area contributed by atoms with E-state index in [1.807, 2.05) is 6.07 Å². The smallest absolute Gasteiger partial charge is 0.0969 e. The van der Waals surface area contributed by atoms with Crippen LogP contribution in [0.3, 0.4) is 0 Å². The second kappa shape index (κ2) is 6.18. The molecule has 96 valence electrons. The van der Waals surface area contributed by atoms with Crippen molar-refractivity contribution in [1.82, 2.24) is 20.3 Å². The summed E-state index contributed by atoms with van der Waals surface area (Å²) in [5.74, 6) is 0. The summed E-state index contributed by atoms with van der Waals surface area (Å²) >= 11 is 11.8. The van der Waals surface area contributed by atoms with Crippen molar-refractivity contribution in [3.63, 3.8) is 0 Å². The average Bonchev–Trinajstić information content (AvgIpc) is 2.82. The second-order valence-corrected chi connectivity index (χ2v) is 4.71. The Morgan fingerprint density at radius 2 is 2.11 bits per heavy atom. The fourth-order valence-electron chi connectivity index (χ4n) is 1.50. The van der Waals surface area contributed by atoms with Gasteiger partial charge in [-0.3, -0.25) is 0 Å². The summed E-state index contributed by atoms with van der Waals surface area (Å²) in [6, 6.07) is 5.31.